The number of rotatable bonds is 10. The third-order valence-corrected chi connectivity index (χ3v) is 6.93. The molecule has 1 fully saturated rings. The van der Waals surface area contributed by atoms with Crippen LogP contribution in [0.2, 0.25) is 0 Å². The Hall–Kier alpha value is -5.11. The van der Waals surface area contributed by atoms with Crippen molar-refractivity contribution in [3.05, 3.63) is 65.4 Å². The van der Waals surface area contributed by atoms with Crippen molar-refractivity contribution < 1.29 is 39.0 Å². The second-order valence-corrected chi connectivity index (χ2v) is 9.69. The Kier molecular flexibility index (Phi) is 9.27. The van der Waals surface area contributed by atoms with Crippen molar-refractivity contribution in [1.29, 1.82) is 0 Å². The zero-order chi connectivity index (χ0) is 30.4. The molecule has 2 atom stereocenters. The summed E-state index contributed by atoms with van der Waals surface area (Å²) in [5, 5.41) is 27.1. The van der Waals surface area contributed by atoms with Gasteiger partial charge in [0.25, 0.3) is 11.8 Å². The fraction of sp³-hybridized carbons (Fsp3) is 0.321. The maximum absolute atomic E-state index is 13.0. The molecule has 0 radical (unpaired) electrons. The van der Waals surface area contributed by atoms with E-state index in [1.54, 1.807) is 36.1 Å². The van der Waals surface area contributed by atoms with Crippen molar-refractivity contribution in [3.8, 4) is 5.75 Å². The minimum atomic E-state index is -1.62. The summed E-state index contributed by atoms with van der Waals surface area (Å²) in [5.74, 6) is -2.64. The highest BCUT2D eigenvalue weighted by atomic mass is 16.5. The van der Waals surface area contributed by atoms with E-state index in [0.717, 1.165) is 0 Å². The number of nitrogens with two attached hydrogens (primary N) is 1. The van der Waals surface area contributed by atoms with Gasteiger partial charge in [0, 0.05) is 35.1 Å². The number of piperidine rings is 1. The van der Waals surface area contributed by atoms with E-state index in [4.69, 9.17) is 20.4 Å². The fourth-order valence-electron chi connectivity index (χ4n) is 4.70. The second kappa shape index (κ2) is 13.0. The summed E-state index contributed by atoms with van der Waals surface area (Å²) in [5.41, 5.74) is 6.99. The van der Waals surface area contributed by atoms with Crippen LogP contribution in [-0.4, -0.2) is 88.3 Å². The molecule has 2 unspecified atom stereocenters. The molecular weight excluding hydrogens is 548 g/mol. The molecule has 0 aliphatic carbocycles. The first-order valence-electron chi connectivity index (χ1n) is 13.1. The van der Waals surface area contributed by atoms with Crippen LogP contribution in [0.5, 0.6) is 5.75 Å². The molecule has 14 nitrogen and oxygen atoms in total. The average Bonchev–Trinajstić information content (AvgIpc) is 3.39. The summed E-state index contributed by atoms with van der Waals surface area (Å²) < 4.78 is 11.1. The number of carbonyl (C=O) groups is 4. The molecule has 3 amide bonds. The third-order valence-electron chi connectivity index (χ3n) is 6.93. The Balaban J connectivity index is 1.30. The van der Waals surface area contributed by atoms with Gasteiger partial charge in [0.15, 0.2) is 11.6 Å². The molecule has 42 heavy (non-hydrogen) atoms. The molecule has 222 valence electrons. The van der Waals surface area contributed by atoms with Gasteiger partial charge in [-0.25, -0.2) is 4.79 Å². The van der Waals surface area contributed by atoms with Gasteiger partial charge in [-0.2, -0.15) is 0 Å². The van der Waals surface area contributed by atoms with Crippen molar-refractivity contribution in [2.45, 2.75) is 38.1 Å². The molecule has 14 heteroatoms. The van der Waals surface area contributed by atoms with E-state index in [1.807, 2.05) is 0 Å². The number of likely N-dealkylation sites (tertiary alicyclic amines) is 1. The van der Waals surface area contributed by atoms with Gasteiger partial charge < -0.3 is 46.0 Å². The molecule has 0 bridgehead atoms. The molecule has 4 rings (SSSR count). The molecule has 1 saturated heterocycles. The smallest absolute Gasteiger partial charge is 0.354 e. The number of carboxylic acid groups (broad SMARTS) is 1. The summed E-state index contributed by atoms with van der Waals surface area (Å²) in [6.45, 7) is 2.12. The number of ether oxygens (including phenoxy) is 2. The van der Waals surface area contributed by atoms with E-state index >= 15 is 0 Å². The maximum atomic E-state index is 13.0. The lowest BCUT2D eigenvalue weighted by Gasteiger charge is -2.34. The number of para-hydroxylation sites is 1. The van der Waals surface area contributed by atoms with Gasteiger partial charge in [-0.1, -0.05) is 29.4 Å². The molecule has 1 aliphatic rings. The van der Waals surface area contributed by atoms with Gasteiger partial charge >= 0.3 is 5.97 Å². The van der Waals surface area contributed by atoms with E-state index in [-0.39, 0.29) is 36.3 Å². The predicted octanol–water partition coefficient (Wildman–Crippen LogP) is 1.24. The zero-order valence-corrected chi connectivity index (χ0v) is 23.0. The summed E-state index contributed by atoms with van der Waals surface area (Å²) in [7, 11) is 1.42. The molecule has 0 spiro atoms. The number of fused-ring (bicyclic) bond motifs is 1. The molecule has 1 aromatic heterocycles. The first kappa shape index (κ1) is 29.9. The van der Waals surface area contributed by atoms with Crippen LogP contribution < -0.4 is 21.1 Å². The Labute approximate surface area is 240 Å². The summed E-state index contributed by atoms with van der Waals surface area (Å²) in [6, 6.07) is 12.3. The highest BCUT2D eigenvalue weighted by Crippen LogP contribution is 2.29. The number of nitrogens with one attached hydrogen (secondary N) is 3. The summed E-state index contributed by atoms with van der Waals surface area (Å²) in [6.07, 6.45) is -1.49. The maximum Gasteiger partial charge on any atom is 0.354 e. The minimum absolute atomic E-state index is 0.0732. The van der Waals surface area contributed by atoms with Crippen LogP contribution in [0.15, 0.2) is 53.7 Å². The number of methoxy groups -OCH3 is 1. The summed E-state index contributed by atoms with van der Waals surface area (Å²) >= 11 is 0. The number of carbonyl (C=O) groups excluding carboxylic acids is 3. The number of carboxylic acids is 1. The molecule has 3 aromatic rings. The van der Waals surface area contributed by atoms with E-state index in [0.29, 0.717) is 34.9 Å². The second-order valence-electron chi connectivity index (χ2n) is 9.69. The summed E-state index contributed by atoms with van der Waals surface area (Å²) in [4.78, 5) is 54.9. The van der Waals surface area contributed by atoms with E-state index in [9.17, 15) is 24.3 Å². The van der Waals surface area contributed by atoms with Crippen molar-refractivity contribution in [1.82, 2.24) is 20.5 Å². The molecule has 2 aromatic carbocycles. The van der Waals surface area contributed by atoms with Gasteiger partial charge in [0.1, 0.15) is 11.7 Å². The number of hydrogen-bond acceptors (Lipinski definition) is 8. The van der Waals surface area contributed by atoms with Crippen LogP contribution in [0.25, 0.3) is 10.9 Å². The Morgan fingerprint density at radius 1 is 1.02 bits per heavy atom. The van der Waals surface area contributed by atoms with Crippen molar-refractivity contribution in [3.63, 3.8) is 0 Å². The normalized spacial score (nSPS) is 15.6. The van der Waals surface area contributed by atoms with Gasteiger partial charge in [-0.3, -0.25) is 14.4 Å². The average molecular weight is 581 g/mol. The first-order chi connectivity index (χ1) is 20.1. The highest BCUT2D eigenvalue weighted by molar-refractivity contribution is 6.04. The number of aliphatic carboxylic acids is 1. The first-order valence-corrected chi connectivity index (χ1v) is 13.1. The monoisotopic (exact) mass is 580 g/mol. The van der Waals surface area contributed by atoms with Crippen LogP contribution >= 0.6 is 0 Å². The largest absolute Gasteiger partial charge is 0.494 e. The van der Waals surface area contributed by atoms with Crippen molar-refractivity contribution in [2.75, 3.05) is 20.2 Å². The number of amides is 3. The SMILES string of the molecule is COc1c(C(=O)NC(OC2CCN(C(=O)C(C)NC(=O)c3ccc(/C(N)=N/O)cc3)CC2)C(=O)O)[nH]c2ccccc12. The predicted molar refractivity (Wildman–Crippen MR) is 150 cm³/mol. The Morgan fingerprint density at radius 3 is 2.29 bits per heavy atom. The Morgan fingerprint density at radius 2 is 1.67 bits per heavy atom. The van der Waals surface area contributed by atoms with Gasteiger partial charge in [0.2, 0.25) is 12.1 Å². The quantitative estimate of drug-likeness (QED) is 0.0669. The minimum Gasteiger partial charge on any atom is -0.494 e. The number of aromatic amines is 1. The number of aromatic nitrogens is 1. The number of nitrogens with zero attached hydrogens (tertiary/aromatic N) is 2. The third kappa shape index (κ3) is 6.61. The Bertz CT molecular complexity index is 1490. The molecule has 7 N–H and O–H groups in total. The number of benzene rings is 2. The van der Waals surface area contributed by atoms with E-state index in [2.05, 4.69) is 20.8 Å². The van der Waals surface area contributed by atoms with Gasteiger partial charge in [0.05, 0.1) is 13.2 Å². The number of oxime groups is 1. The van der Waals surface area contributed by atoms with E-state index < -0.39 is 36.2 Å². The standard InChI is InChI=1S/C28H32N6O8/c1-15(30-24(35)17-9-7-16(8-10-17)23(29)33-40)27(37)34-13-11-18(12-14-34)42-26(28(38)39)32-25(36)21-22(41-2)19-5-3-4-6-20(19)31-21/h3-10,15,18,26,31,40H,11-14H2,1-2H3,(H2,29,33)(H,30,35)(H,32,36)(H,38,39). The van der Waals surface area contributed by atoms with Crippen LogP contribution in [0, 0.1) is 0 Å². The molecule has 1 aliphatic heterocycles. The van der Waals surface area contributed by atoms with Crippen LogP contribution in [0.3, 0.4) is 0 Å². The molecular formula is C28H32N6O8. The topological polar surface area (TPSA) is 209 Å². The highest BCUT2D eigenvalue weighted by Gasteiger charge is 2.32. The van der Waals surface area contributed by atoms with Crippen LogP contribution in [-0.2, 0) is 14.3 Å². The lowest BCUT2D eigenvalue weighted by molar-refractivity contribution is -0.159. The van der Waals surface area contributed by atoms with Gasteiger partial charge in [-0.15, -0.1) is 0 Å². The van der Waals surface area contributed by atoms with Gasteiger partial charge in [-0.05, 0) is 44.0 Å². The van der Waals surface area contributed by atoms with Crippen LogP contribution in [0.1, 0.15) is 46.2 Å². The van der Waals surface area contributed by atoms with E-state index in [1.165, 1.54) is 31.4 Å². The number of H-pyrrole nitrogens is 1. The van der Waals surface area contributed by atoms with Crippen LogP contribution in [0.4, 0.5) is 0 Å². The van der Waals surface area contributed by atoms with Crippen molar-refractivity contribution >= 4 is 40.4 Å². The fourth-order valence-corrected chi connectivity index (χ4v) is 4.70. The molecule has 2 heterocycles. The number of amidine groups is 1. The lowest BCUT2D eigenvalue weighted by atomic mass is 10.1. The van der Waals surface area contributed by atoms with Crippen molar-refractivity contribution in [2.24, 2.45) is 10.9 Å². The molecule has 0 saturated carbocycles. The number of hydrogen-bond donors (Lipinski definition) is 6. The lowest BCUT2D eigenvalue weighted by Crippen LogP contribution is -2.51. The zero-order valence-electron chi connectivity index (χ0n) is 23.0.